The van der Waals surface area contributed by atoms with Gasteiger partial charge in [-0.3, -0.25) is 9.48 Å². The van der Waals surface area contributed by atoms with Gasteiger partial charge in [0.2, 0.25) is 0 Å². The molecule has 6 nitrogen and oxygen atoms in total. The van der Waals surface area contributed by atoms with Crippen molar-refractivity contribution in [1.29, 1.82) is 0 Å². The molecule has 0 bridgehead atoms. The Hall–Kier alpha value is -2.50. The SMILES string of the molecule is Cn1ncc(CNC(=O)c2ccc(O)cc2)c1N. The van der Waals surface area contributed by atoms with E-state index in [0.29, 0.717) is 17.9 Å². The molecule has 94 valence electrons. The fraction of sp³-hybridized carbons (Fsp3) is 0.167. The van der Waals surface area contributed by atoms with Crippen molar-refractivity contribution < 1.29 is 9.90 Å². The van der Waals surface area contributed by atoms with Gasteiger partial charge in [0, 0.05) is 24.7 Å². The van der Waals surface area contributed by atoms with Gasteiger partial charge in [0.1, 0.15) is 11.6 Å². The third-order valence-electron chi connectivity index (χ3n) is 2.63. The van der Waals surface area contributed by atoms with Gasteiger partial charge in [0.05, 0.1) is 6.20 Å². The summed E-state index contributed by atoms with van der Waals surface area (Å²) in [6.07, 6.45) is 1.62. The summed E-state index contributed by atoms with van der Waals surface area (Å²) < 4.78 is 1.54. The Balaban J connectivity index is 2.00. The smallest absolute Gasteiger partial charge is 0.251 e. The number of nitrogens with two attached hydrogens (primary N) is 1. The van der Waals surface area contributed by atoms with Crippen LogP contribution < -0.4 is 11.1 Å². The number of carbonyl (C=O) groups excluding carboxylic acids is 1. The van der Waals surface area contributed by atoms with E-state index in [9.17, 15) is 4.79 Å². The molecule has 0 atom stereocenters. The Morgan fingerprint density at radius 1 is 1.44 bits per heavy atom. The van der Waals surface area contributed by atoms with Crippen molar-refractivity contribution in [2.45, 2.75) is 6.54 Å². The topological polar surface area (TPSA) is 93.2 Å². The van der Waals surface area contributed by atoms with Gasteiger partial charge >= 0.3 is 0 Å². The molecule has 0 spiro atoms. The van der Waals surface area contributed by atoms with E-state index in [1.807, 2.05) is 0 Å². The quantitative estimate of drug-likeness (QED) is 0.740. The highest BCUT2D eigenvalue weighted by Crippen LogP contribution is 2.11. The van der Waals surface area contributed by atoms with Crippen LogP contribution in [0.2, 0.25) is 0 Å². The molecule has 1 heterocycles. The number of amides is 1. The summed E-state index contributed by atoms with van der Waals surface area (Å²) in [5, 5.41) is 15.8. The van der Waals surface area contributed by atoms with E-state index in [1.54, 1.807) is 30.1 Å². The standard InChI is InChI=1S/C12H14N4O2/c1-16-11(13)9(7-15-16)6-14-12(18)8-2-4-10(17)5-3-8/h2-5,7,17H,6,13H2,1H3,(H,14,18). The zero-order valence-electron chi connectivity index (χ0n) is 9.92. The maximum atomic E-state index is 11.8. The van der Waals surface area contributed by atoms with Crippen molar-refractivity contribution in [2.75, 3.05) is 5.73 Å². The second-order valence-electron chi connectivity index (χ2n) is 3.91. The second-order valence-corrected chi connectivity index (χ2v) is 3.91. The van der Waals surface area contributed by atoms with Crippen molar-refractivity contribution >= 4 is 11.7 Å². The highest BCUT2D eigenvalue weighted by atomic mass is 16.3. The minimum Gasteiger partial charge on any atom is -0.508 e. The van der Waals surface area contributed by atoms with Gasteiger partial charge in [-0.05, 0) is 24.3 Å². The number of nitrogens with zero attached hydrogens (tertiary/aromatic N) is 2. The molecule has 2 rings (SSSR count). The lowest BCUT2D eigenvalue weighted by Crippen LogP contribution is -2.23. The molecular formula is C12H14N4O2. The van der Waals surface area contributed by atoms with Crippen molar-refractivity contribution in [2.24, 2.45) is 7.05 Å². The van der Waals surface area contributed by atoms with Crippen LogP contribution in [-0.2, 0) is 13.6 Å². The van der Waals surface area contributed by atoms with Crippen molar-refractivity contribution in [3.63, 3.8) is 0 Å². The maximum Gasteiger partial charge on any atom is 0.251 e. The molecule has 1 aromatic carbocycles. The Labute approximate surface area is 104 Å². The second kappa shape index (κ2) is 4.79. The normalized spacial score (nSPS) is 10.3. The van der Waals surface area contributed by atoms with E-state index in [0.717, 1.165) is 5.56 Å². The van der Waals surface area contributed by atoms with Crippen LogP contribution >= 0.6 is 0 Å². The number of phenolic OH excluding ortho intramolecular Hbond substituents is 1. The summed E-state index contributed by atoms with van der Waals surface area (Å²) in [5.41, 5.74) is 7.01. The first-order chi connectivity index (χ1) is 8.58. The average Bonchev–Trinajstić information content (AvgIpc) is 2.68. The van der Waals surface area contributed by atoms with Gasteiger partial charge in [-0.15, -0.1) is 0 Å². The average molecular weight is 246 g/mol. The molecule has 0 fully saturated rings. The molecule has 1 amide bonds. The lowest BCUT2D eigenvalue weighted by atomic mass is 10.2. The van der Waals surface area contributed by atoms with Crippen LogP contribution in [0, 0.1) is 0 Å². The van der Waals surface area contributed by atoms with Crippen molar-refractivity contribution in [3.8, 4) is 5.75 Å². The van der Waals surface area contributed by atoms with Crippen LogP contribution in [0.15, 0.2) is 30.5 Å². The molecule has 4 N–H and O–H groups in total. The fourth-order valence-electron chi connectivity index (χ4n) is 1.52. The number of nitrogen functional groups attached to an aromatic ring is 1. The number of anilines is 1. The number of aryl methyl sites for hydroxylation is 1. The largest absolute Gasteiger partial charge is 0.508 e. The third kappa shape index (κ3) is 2.42. The zero-order chi connectivity index (χ0) is 13.1. The Morgan fingerprint density at radius 3 is 2.67 bits per heavy atom. The molecule has 0 aliphatic rings. The van der Waals surface area contributed by atoms with E-state index in [-0.39, 0.29) is 11.7 Å². The van der Waals surface area contributed by atoms with Gasteiger partial charge in [-0.2, -0.15) is 5.10 Å². The molecule has 0 unspecified atom stereocenters. The molecule has 0 saturated carbocycles. The number of aromatic hydroxyl groups is 1. The Bertz CT molecular complexity index is 560. The van der Waals surface area contributed by atoms with Crippen LogP contribution in [0.5, 0.6) is 5.75 Å². The lowest BCUT2D eigenvalue weighted by molar-refractivity contribution is 0.0951. The van der Waals surface area contributed by atoms with Gasteiger partial charge in [-0.1, -0.05) is 0 Å². The van der Waals surface area contributed by atoms with E-state index < -0.39 is 0 Å². The van der Waals surface area contributed by atoms with Crippen LogP contribution in [0.3, 0.4) is 0 Å². The van der Waals surface area contributed by atoms with Gasteiger partial charge in [0.25, 0.3) is 5.91 Å². The number of hydrogen-bond donors (Lipinski definition) is 3. The highest BCUT2D eigenvalue weighted by Gasteiger charge is 2.08. The van der Waals surface area contributed by atoms with Crippen molar-refractivity contribution in [1.82, 2.24) is 15.1 Å². The number of aromatic nitrogens is 2. The monoisotopic (exact) mass is 246 g/mol. The first-order valence-corrected chi connectivity index (χ1v) is 5.41. The molecule has 1 aromatic heterocycles. The number of benzene rings is 1. The Morgan fingerprint density at radius 2 is 2.11 bits per heavy atom. The van der Waals surface area contributed by atoms with Crippen molar-refractivity contribution in [3.05, 3.63) is 41.6 Å². The van der Waals surface area contributed by atoms with Gasteiger partial charge in [-0.25, -0.2) is 0 Å². The number of phenols is 1. The van der Waals surface area contributed by atoms with E-state index in [2.05, 4.69) is 10.4 Å². The lowest BCUT2D eigenvalue weighted by Gasteiger charge is -2.05. The molecule has 18 heavy (non-hydrogen) atoms. The summed E-state index contributed by atoms with van der Waals surface area (Å²) in [6, 6.07) is 6.04. The molecule has 6 heteroatoms. The fourth-order valence-corrected chi connectivity index (χ4v) is 1.52. The summed E-state index contributed by atoms with van der Waals surface area (Å²) in [7, 11) is 1.74. The molecular weight excluding hydrogens is 232 g/mol. The van der Waals surface area contributed by atoms with Gasteiger partial charge in [0.15, 0.2) is 0 Å². The maximum absolute atomic E-state index is 11.8. The minimum absolute atomic E-state index is 0.128. The van der Waals surface area contributed by atoms with Crippen LogP contribution in [0.25, 0.3) is 0 Å². The number of hydrogen-bond acceptors (Lipinski definition) is 4. The first-order valence-electron chi connectivity index (χ1n) is 5.41. The number of nitrogens with one attached hydrogen (secondary N) is 1. The van der Waals surface area contributed by atoms with E-state index in [1.165, 1.54) is 12.1 Å². The third-order valence-corrected chi connectivity index (χ3v) is 2.63. The Kier molecular flexibility index (Phi) is 3.18. The summed E-state index contributed by atoms with van der Waals surface area (Å²) >= 11 is 0. The van der Waals surface area contributed by atoms with E-state index in [4.69, 9.17) is 10.8 Å². The molecule has 0 radical (unpaired) electrons. The van der Waals surface area contributed by atoms with E-state index >= 15 is 0 Å². The van der Waals surface area contributed by atoms with Gasteiger partial charge < -0.3 is 16.2 Å². The minimum atomic E-state index is -0.224. The van der Waals surface area contributed by atoms with Crippen LogP contribution in [0.1, 0.15) is 15.9 Å². The molecule has 2 aromatic rings. The molecule has 0 aliphatic carbocycles. The molecule has 0 aliphatic heterocycles. The van der Waals surface area contributed by atoms with Crippen LogP contribution in [0.4, 0.5) is 5.82 Å². The zero-order valence-corrected chi connectivity index (χ0v) is 9.92. The number of carbonyl (C=O) groups is 1. The van der Waals surface area contributed by atoms with Crippen LogP contribution in [-0.4, -0.2) is 20.8 Å². The highest BCUT2D eigenvalue weighted by molar-refractivity contribution is 5.94. The summed E-state index contributed by atoms with van der Waals surface area (Å²) in [4.78, 5) is 11.8. The summed E-state index contributed by atoms with van der Waals surface area (Å²) in [6.45, 7) is 0.319. The predicted molar refractivity (Wildman–Crippen MR) is 66.9 cm³/mol. The molecule has 0 saturated heterocycles. The predicted octanol–water partition coefficient (Wildman–Crippen LogP) is 0.638. The number of rotatable bonds is 3. The first kappa shape index (κ1) is 12.0. The summed E-state index contributed by atoms with van der Waals surface area (Å²) in [5.74, 6) is 0.433.